The highest BCUT2D eigenvalue weighted by atomic mass is 32.1. The first-order valence-corrected chi connectivity index (χ1v) is 8.68. The topological polar surface area (TPSA) is 70.4 Å². The van der Waals surface area contributed by atoms with Crippen LogP contribution in [0.4, 0.5) is 4.39 Å². The maximum atomic E-state index is 13.1. The van der Waals surface area contributed by atoms with E-state index in [4.69, 9.17) is 10.00 Å². The molecule has 7 heteroatoms. The van der Waals surface area contributed by atoms with E-state index in [1.165, 1.54) is 28.4 Å². The van der Waals surface area contributed by atoms with Gasteiger partial charge in [0.15, 0.2) is 6.61 Å². The fourth-order valence-corrected chi connectivity index (χ4v) is 2.78. The first-order chi connectivity index (χ1) is 12.5. The second kappa shape index (κ2) is 9.49. The lowest BCUT2D eigenvalue weighted by molar-refractivity contribution is -0.146. The average Bonchev–Trinajstić information content (AvgIpc) is 3.17. The van der Waals surface area contributed by atoms with Crippen molar-refractivity contribution >= 4 is 34.9 Å². The fourth-order valence-electron chi connectivity index (χ4n) is 2.05. The number of carbonyl (C=O) groups excluding carboxylic acids is 2. The second-order valence-electron chi connectivity index (χ2n) is 5.39. The first kappa shape index (κ1) is 19.3. The van der Waals surface area contributed by atoms with Crippen LogP contribution in [0.25, 0.3) is 11.6 Å². The quantitative estimate of drug-likeness (QED) is 0.552. The van der Waals surface area contributed by atoms with Crippen LogP contribution in [-0.4, -0.2) is 37.0 Å². The third-order valence-corrected chi connectivity index (χ3v) is 4.40. The van der Waals surface area contributed by atoms with E-state index in [0.717, 1.165) is 0 Å². The van der Waals surface area contributed by atoms with Gasteiger partial charge in [-0.05, 0) is 35.2 Å². The third kappa shape index (κ3) is 5.53. The van der Waals surface area contributed by atoms with E-state index in [2.05, 4.69) is 0 Å². The van der Waals surface area contributed by atoms with Gasteiger partial charge in [0.1, 0.15) is 5.82 Å². The van der Waals surface area contributed by atoms with Crippen molar-refractivity contribution < 1.29 is 18.7 Å². The molecule has 0 radical (unpaired) electrons. The van der Waals surface area contributed by atoms with Crippen molar-refractivity contribution in [1.82, 2.24) is 4.90 Å². The van der Waals surface area contributed by atoms with E-state index < -0.39 is 12.6 Å². The number of nitriles is 1. The SMILES string of the molecule is CN(CCC#N)C(=O)COC(=O)C(=Cc1ccc(F)cc1)c1cccs1. The van der Waals surface area contributed by atoms with Gasteiger partial charge in [-0.1, -0.05) is 18.2 Å². The summed E-state index contributed by atoms with van der Waals surface area (Å²) in [6.07, 6.45) is 1.80. The van der Waals surface area contributed by atoms with E-state index in [9.17, 15) is 14.0 Å². The highest BCUT2D eigenvalue weighted by Crippen LogP contribution is 2.24. The second-order valence-corrected chi connectivity index (χ2v) is 6.33. The Labute approximate surface area is 154 Å². The van der Waals surface area contributed by atoms with Gasteiger partial charge in [-0.25, -0.2) is 9.18 Å². The standard InChI is InChI=1S/C19H17FN2O3S/c1-22(10-3-9-21)18(23)13-25-19(24)16(17-4-2-11-26-17)12-14-5-7-15(20)8-6-14/h2,4-8,11-12H,3,10,13H2,1H3. The molecule has 0 aliphatic carbocycles. The van der Waals surface area contributed by atoms with Gasteiger partial charge in [-0.3, -0.25) is 4.79 Å². The molecule has 0 spiro atoms. The van der Waals surface area contributed by atoms with Gasteiger partial charge in [0.05, 0.1) is 18.1 Å². The molecule has 0 fully saturated rings. The molecule has 0 atom stereocenters. The molecule has 2 aromatic rings. The maximum absolute atomic E-state index is 13.1. The van der Waals surface area contributed by atoms with E-state index in [1.54, 1.807) is 37.4 Å². The molecule has 1 heterocycles. The van der Waals surface area contributed by atoms with Gasteiger partial charge in [0.25, 0.3) is 5.91 Å². The van der Waals surface area contributed by atoms with E-state index in [0.29, 0.717) is 16.0 Å². The third-order valence-electron chi connectivity index (χ3n) is 3.50. The van der Waals surface area contributed by atoms with Crippen LogP contribution >= 0.6 is 11.3 Å². The summed E-state index contributed by atoms with van der Waals surface area (Å²) in [6.45, 7) is -0.136. The summed E-state index contributed by atoms with van der Waals surface area (Å²) < 4.78 is 18.2. The molecule has 1 aromatic carbocycles. The molecular weight excluding hydrogens is 355 g/mol. The molecule has 2 rings (SSSR count). The van der Waals surface area contributed by atoms with Crippen LogP contribution in [0, 0.1) is 17.1 Å². The van der Waals surface area contributed by atoms with Gasteiger partial charge in [-0.15, -0.1) is 11.3 Å². The minimum atomic E-state index is -0.640. The van der Waals surface area contributed by atoms with Crippen molar-refractivity contribution in [3.63, 3.8) is 0 Å². The van der Waals surface area contributed by atoms with Crippen molar-refractivity contribution in [2.75, 3.05) is 20.2 Å². The molecule has 1 aromatic heterocycles. The Balaban J connectivity index is 2.11. The average molecular weight is 372 g/mol. The summed E-state index contributed by atoms with van der Waals surface area (Å²) in [5, 5.41) is 10.4. The van der Waals surface area contributed by atoms with Crippen LogP contribution in [0.1, 0.15) is 16.9 Å². The van der Waals surface area contributed by atoms with Crippen LogP contribution in [0.5, 0.6) is 0 Å². The Bertz CT molecular complexity index is 823. The number of amides is 1. The summed E-state index contributed by atoms with van der Waals surface area (Å²) in [7, 11) is 1.54. The molecule has 0 N–H and O–H groups in total. The number of halogens is 1. The number of esters is 1. The van der Waals surface area contributed by atoms with Crippen molar-refractivity contribution in [3.8, 4) is 6.07 Å². The Morgan fingerprint density at radius 3 is 2.65 bits per heavy atom. The summed E-state index contributed by atoms with van der Waals surface area (Å²) >= 11 is 1.36. The summed E-state index contributed by atoms with van der Waals surface area (Å²) in [4.78, 5) is 26.4. The van der Waals surface area contributed by atoms with Crippen LogP contribution in [-0.2, 0) is 14.3 Å². The zero-order chi connectivity index (χ0) is 18.9. The number of hydrogen-bond acceptors (Lipinski definition) is 5. The predicted octanol–water partition coefficient (Wildman–Crippen LogP) is 3.34. The first-order valence-electron chi connectivity index (χ1n) is 7.80. The lowest BCUT2D eigenvalue weighted by atomic mass is 10.1. The van der Waals surface area contributed by atoms with Gasteiger partial charge in [0, 0.05) is 18.5 Å². The van der Waals surface area contributed by atoms with E-state index in [-0.39, 0.29) is 24.7 Å². The molecule has 0 saturated carbocycles. The molecule has 5 nitrogen and oxygen atoms in total. The zero-order valence-electron chi connectivity index (χ0n) is 14.1. The Morgan fingerprint density at radius 2 is 2.04 bits per heavy atom. The molecule has 0 aliphatic heterocycles. The number of benzene rings is 1. The number of thiophene rings is 1. The lowest BCUT2D eigenvalue weighted by Crippen LogP contribution is -2.32. The number of ether oxygens (including phenoxy) is 1. The Kier molecular flexibility index (Phi) is 7.06. The summed E-state index contributed by atoms with van der Waals surface area (Å²) in [6, 6.07) is 11.2. The molecule has 1 amide bonds. The summed E-state index contributed by atoms with van der Waals surface area (Å²) in [5.74, 6) is -1.40. The van der Waals surface area contributed by atoms with Crippen LogP contribution in [0.2, 0.25) is 0 Å². The van der Waals surface area contributed by atoms with Gasteiger partial charge >= 0.3 is 5.97 Å². The maximum Gasteiger partial charge on any atom is 0.340 e. The van der Waals surface area contributed by atoms with E-state index >= 15 is 0 Å². The normalized spacial score (nSPS) is 10.9. The van der Waals surface area contributed by atoms with Crippen molar-refractivity contribution in [3.05, 3.63) is 58.0 Å². The highest BCUT2D eigenvalue weighted by Gasteiger charge is 2.18. The molecule has 0 bridgehead atoms. The van der Waals surface area contributed by atoms with Crippen molar-refractivity contribution in [1.29, 1.82) is 5.26 Å². The number of hydrogen-bond donors (Lipinski definition) is 0. The molecular formula is C19H17FN2O3S. The molecule has 0 unspecified atom stereocenters. The Morgan fingerprint density at radius 1 is 1.31 bits per heavy atom. The fraction of sp³-hybridized carbons (Fsp3) is 0.211. The number of rotatable bonds is 7. The number of likely N-dealkylation sites (N-methyl/N-ethyl adjacent to an activating group) is 1. The van der Waals surface area contributed by atoms with Crippen LogP contribution < -0.4 is 0 Å². The van der Waals surface area contributed by atoms with Gasteiger partial charge < -0.3 is 9.64 Å². The number of carbonyl (C=O) groups is 2. The number of nitrogens with zero attached hydrogens (tertiary/aromatic N) is 2. The monoisotopic (exact) mass is 372 g/mol. The zero-order valence-corrected chi connectivity index (χ0v) is 15.0. The minimum absolute atomic E-state index is 0.209. The van der Waals surface area contributed by atoms with Crippen molar-refractivity contribution in [2.24, 2.45) is 0 Å². The largest absolute Gasteiger partial charge is 0.452 e. The smallest absolute Gasteiger partial charge is 0.340 e. The van der Waals surface area contributed by atoms with Gasteiger partial charge in [-0.2, -0.15) is 5.26 Å². The highest BCUT2D eigenvalue weighted by molar-refractivity contribution is 7.11. The Hall–Kier alpha value is -2.98. The lowest BCUT2D eigenvalue weighted by Gasteiger charge is -2.15. The van der Waals surface area contributed by atoms with Crippen LogP contribution in [0.15, 0.2) is 41.8 Å². The predicted molar refractivity (Wildman–Crippen MR) is 97.4 cm³/mol. The van der Waals surface area contributed by atoms with Gasteiger partial charge in [0.2, 0.25) is 0 Å². The molecule has 0 aliphatic rings. The molecule has 26 heavy (non-hydrogen) atoms. The van der Waals surface area contributed by atoms with Crippen LogP contribution in [0.3, 0.4) is 0 Å². The summed E-state index contributed by atoms with van der Waals surface area (Å²) in [5.41, 5.74) is 0.934. The van der Waals surface area contributed by atoms with E-state index in [1.807, 2.05) is 11.4 Å². The molecule has 134 valence electrons. The minimum Gasteiger partial charge on any atom is -0.452 e. The molecule has 0 saturated heterocycles. The van der Waals surface area contributed by atoms with Crippen molar-refractivity contribution in [2.45, 2.75) is 6.42 Å².